The fourth-order valence-corrected chi connectivity index (χ4v) is 3.69. The van der Waals surface area contributed by atoms with E-state index in [-0.39, 0.29) is 0 Å². The van der Waals surface area contributed by atoms with E-state index in [2.05, 4.69) is 66.9 Å². The lowest BCUT2D eigenvalue weighted by Crippen LogP contribution is -1.84. The summed E-state index contributed by atoms with van der Waals surface area (Å²) in [6, 6.07) is 15.0. The molecule has 0 radical (unpaired) electrons. The Morgan fingerprint density at radius 2 is 1.90 bits per heavy atom. The number of para-hydroxylation sites is 1. The van der Waals surface area contributed by atoms with Gasteiger partial charge in [0.2, 0.25) is 0 Å². The molecule has 2 heterocycles. The molecule has 0 amide bonds. The molecule has 20 heavy (non-hydrogen) atoms. The first kappa shape index (κ1) is 11.7. The molecule has 0 aliphatic carbocycles. The molecule has 2 nitrogen and oxygen atoms in total. The number of imidazole rings is 1. The van der Waals surface area contributed by atoms with Crippen molar-refractivity contribution in [3.05, 3.63) is 59.8 Å². The lowest BCUT2D eigenvalue weighted by molar-refractivity contribution is 1.30. The maximum atomic E-state index is 4.79. The molecule has 0 aliphatic heterocycles. The molecule has 4 aromatic rings. The van der Waals surface area contributed by atoms with Crippen molar-refractivity contribution in [3.8, 4) is 11.3 Å². The van der Waals surface area contributed by atoms with Gasteiger partial charge in [0.25, 0.3) is 0 Å². The monoisotopic (exact) mass is 278 g/mol. The third kappa shape index (κ3) is 1.67. The fraction of sp³-hybridized carbons (Fsp3) is 0.118. The maximum absolute atomic E-state index is 4.79. The summed E-state index contributed by atoms with van der Waals surface area (Å²) in [6.45, 7) is 4.27. The summed E-state index contributed by atoms with van der Waals surface area (Å²) < 4.78 is 3.47. The Hall–Kier alpha value is -2.13. The summed E-state index contributed by atoms with van der Waals surface area (Å²) in [7, 11) is 0. The van der Waals surface area contributed by atoms with Crippen LogP contribution in [-0.4, -0.2) is 9.38 Å². The first-order valence-electron chi connectivity index (χ1n) is 6.66. The van der Waals surface area contributed by atoms with E-state index in [1.807, 2.05) is 0 Å². The van der Waals surface area contributed by atoms with Gasteiger partial charge in [-0.25, -0.2) is 4.98 Å². The second kappa shape index (κ2) is 4.18. The van der Waals surface area contributed by atoms with Gasteiger partial charge in [0.1, 0.15) is 0 Å². The predicted molar refractivity (Wildman–Crippen MR) is 85.5 cm³/mol. The van der Waals surface area contributed by atoms with Crippen LogP contribution in [0.3, 0.4) is 0 Å². The Bertz CT molecular complexity index is 931. The standard InChI is InChI=1S/C17H14N2S/c1-11-7-8-13(12(2)9-11)14-10-19-15-5-3-4-6-16(15)20-17(19)18-14/h3-10H,1-2H3. The van der Waals surface area contributed by atoms with Gasteiger partial charge in [-0.15, -0.1) is 0 Å². The average molecular weight is 278 g/mol. The summed E-state index contributed by atoms with van der Waals surface area (Å²) in [6.07, 6.45) is 2.14. The zero-order valence-electron chi connectivity index (χ0n) is 11.4. The zero-order valence-corrected chi connectivity index (χ0v) is 12.2. The Morgan fingerprint density at radius 1 is 1.05 bits per heavy atom. The molecule has 0 saturated carbocycles. The molecule has 0 N–H and O–H groups in total. The van der Waals surface area contributed by atoms with Crippen molar-refractivity contribution in [1.82, 2.24) is 9.38 Å². The Morgan fingerprint density at radius 3 is 2.75 bits per heavy atom. The van der Waals surface area contributed by atoms with Gasteiger partial charge in [-0.2, -0.15) is 0 Å². The van der Waals surface area contributed by atoms with Crippen LogP contribution in [0.4, 0.5) is 0 Å². The summed E-state index contributed by atoms with van der Waals surface area (Å²) in [5.74, 6) is 0. The number of fused-ring (bicyclic) bond motifs is 3. The van der Waals surface area contributed by atoms with Gasteiger partial charge in [0, 0.05) is 11.8 Å². The highest BCUT2D eigenvalue weighted by molar-refractivity contribution is 7.23. The van der Waals surface area contributed by atoms with E-state index < -0.39 is 0 Å². The summed E-state index contributed by atoms with van der Waals surface area (Å²) in [5, 5.41) is 0. The second-order valence-corrected chi connectivity index (χ2v) is 6.18. The number of hydrogen-bond donors (Lipinski definition) is 0. The van der Waals surface area contributed by atoms with Crippen LogP contribution in [0.1, 0.15) is 11.1 Å². The molecule has 3 heteroatoms. The van der Waals surface area contributed by atoms with Crippen molar-refractivity contribution in [2.45, 2.75) is 13.8 Å². The van der Waals surface area contributed by atoms with Gasteiger partial charge < -0.3 is 0 Å². The SMILES string of the molecule is Cc1ccc(-c2cn3c(n2)sc2ccccc23)c(C)c1. The van der Waals surface area contributed by atoms with E-state index in [1.165, 1.54) is 26.9 Å². The third-order valence-corrected chi connectivity index (χ3v) is 4.69. The topological polar surface area (TPSA) is 17.3 Å². The molecular weight excluding hydrogens is 264 g/mol. The van der Waals surface area contributed by atoms with Crippen LogP contribution < -0.4 is 0 Å². The fourth-order valence-electron chi connectivity index (χ4n) is 2.68. The van der Waals surface area contributed by atoms with Crippen molar-refractivity contribution >= 4 is 26.5 Å². The Balaban J connectivity index is 1.97. The van der Waals surface area contributed by atoms with Gasteiger partial charge >= 0.3 is 0 Å². The molecule has 2 aromatic heterocycles. The van der Waals surface area contributed by atoms with Gasteiger partial charge in [0.05, 0.1) is 15.9 Å². The molecule has 0 fully saturated rings. The minimum atomic E-state index is 1.06. The molecule has 0 saturated heterocycles. The smallest absolute Gasteiger partial charge is 0.195 e. The largest absolute Gasteiger partial charge is 0.290 e. The van der Waals surface area contributed by atoms with Crippen LogP contribution in [0.25, 0.3) is 26.4 Å². The summed E-state index contributed by atoms with van der Waals surface area (Å²) >= 11 is 1.74. The minimum absolute atomic E-state index is 1.06. The van der Waals surface area contributed by atoms with E-state index in [0.29, 0.717) is 0 Å². The first-order valence-corrected chi connectivity index (χ1v) is 7.48. The Labute approximate surface area is 121 Å². The normalized spacial score (nSPS) is 11.5. The molecule has 2 aromatic carbocycles. The summed E-state index contributed by atoms with van der Waals surface area (Å²) in [4.78, 5) is 5.85. The number of thiazole rings is 1. The van der Waals surface area contributed by atoms with Crippen molar-refractivity contribution in [1.29, 1.82) is 0 Å². The highest BCUT2D eigenvalue weighted by Crippen LogP contribution is 2.30. The van der Waals surface area contributed by atoms with Crippen molar-refractivity contribution in [2.24, 2.45) is 0 Å². The first-order chi connectivity index (χ1) is 9.72. The van der Waals surface area contributed by atoms with Crippen molar-refractivity contribution in [3.63, 3.8) is 0 Å². The zero-order chi connectivity index (χ0) is 13.7. The maximum Gasteiger partial charge on any atom is 0.195 e. The lowest BCUT2D eigenvalue weighted by Gasteiger charge is -2.03. The number of rotatable bonds is 1. The quantitative estimate of drug-likeness (QED) is 0.487. The molecule has 98 valence electrons. The van der Waals surface area contributed by atoms with Crippen LogP contribution in [0, 0.1) is 13.8 Å². The molecule has 0 atom stereocenters. The van der Waals surface area contributed by atoms with Crippen LogP contribution in [0.5, 0.6) is 0 Å². The van der Waals surface area contributed by atoms with Gasteiger partial charge in [-0.1, -0.05) is 47.2 Å². The second-order valence-electron chi connectivity index (χ2n) is 5.17. The molecule has 0 aliphatic rings. The van der Waals surface area contributed by atoms with Crippen LogP contribution in [-0.2, 0) is 0 Å². The molecule has 0 spiro atoms. The number of hydrogen-bond acceptors (Lipinski definition) is 2. The number of benzene rings is 2. The number of aryl methyl sites for hydroxylation is 2. The summed E-state index contributed by atoms with van der Waals surface area (Å²) in [5.41, 5.74) is 6.07. The lowest BCUT2D eigenvalue weighted by atomic mass is 10.0. The van der Waals surface area contributed by atoms with E-state index in [1.54, 1.807) is 11.3 Å². The highest BCUT2D eigenvalue weighted by atomic mass is 32.1. The molecular formula is C17H14N2S. The molecule has 0 bridgehead atoms. The highest BCUT2D eigenvalue weighted by Gasteiger charge is 2.11. The van der Waals surface area contributed by atoms with Gasteiger partial charge in [0.15, 0.2) is 4.96 Å². The molecule has 0 unspecified atom stereocenters. The van der Waals surface area contributed by atoms with Crippen LogP contribution in [0.2, 0.25) is 0 Å². The van der Waals surface area contributed by atoms with E-state index in [0.717, 1.165) is 10.7 Å². The number of nitrogens with zero attached hydrogens (tertiary/aromatic N) is 2. The Kier molecular flexibility index (Phi) is 2.44. The van der Waals surface area contributed by atoms with Crippen LogP contribution >= 0.6 is 11.3 Å². The predicted octanol–water partition coefficient (Wildman–Crippen LogP) is 4.83. The van der Waals surface area contributed by atoms with E-state index in [9.17, 15) is 0 Å². The van der Waals surface area contributed by atoms with Crippen molar-refractivity contribution in [2.75, 3.05) is 0 Å². The van der Waals surface area contributed by atoms with E-state index >= 15 is 0 Å². The molecule has 4 rings (SSSR count). The van der Waals surface area contributed by atoms with Gasteiger partial charge in [-0.3, -0.25) is 4.40 Å². The van der Waals surface area contributed by atoms with Crippen molar-refractivity contribution < 1.29 is 0 Å². The minimum Gasteiger partial charge on any atom is -0.290 e. The number of aromatic nitrogens is 2. The third-order valence-electron chi connectivity index (χ3n) is 3.66. The van der Waals surface area contributed by atoms with E-state index in [4.69, 9.17) is 4.98 Å². The van der Waals surface area contributed by atoms with Gasteiger partial charge in [-0.05, 0) is 31.5 Å². The average Bonchev–Trinajstić information content (AvgIpc) is 2.96. The van der Waals surface area contributed by atoms with Crippen LogP contribution in [0.15, 0.2) is 48.7 Å².